The van der Waals surface area contributed by atoms with Gasteiger partial charge in [-0.2, -0.15) is 0 Å². The maximum atomic E-state index is 12.6. The Kier molecular flexibility index (Phi) is 5.19. The summed E-state index contributed by atoms with van der Waals surface area (Å²) in [6.07, 6.45) is 0. The highest BCUT2D eigenvalue weighted by molar-refractivity contribution is 7.83. The minimum Gasteiger partial charge on any atom is -0.361 e. The van der Waals surface area contributed by atoms with Crippen LogP contribution in [-0.2, 0) is 22.3 Å². The summed E-state index contributed by atoms with van der Waals surface area (Å²) in [4.78, 5) is 11.9. The van der Waals surface area contributed by atoms with Crippen LogP contribution in [-0.4, -0.2) is 15.1 Å². The Morgan fingerprint density at radius 3 is 2.22 bits per heavy atom. The molecule has 23 heavy (non-hydrogen) atoms. The normalized spacial score (nSPS) is 12.4. The molecule has 0 bridgehead atoms. The smallest absolute Gasteiger partial charge is 0.160 e. The zero-order valence-electron chi connectivity index (χ0n) is 14.6. The molecule has 1 aromatic heterocycles. The maximum Gasteiger partial charge on any atom is 0.160 e. The van der Waals surface area contributed by atoms with Crippen molar-refractivity contribution in [3.05, 3.63) is 50.9 Å². The highest BCUT2D eigenvalue weighted by Crippen LogP contribution is 2.25. The monoisotopic (exact) mass is 333 g/mol. The molecule has 0 N–H and O–H groups in total. The molecule has 1 atom stereocenters. The molecular weight excluding hydrogens is 310 g/mol. The second-order valence-corrected chi connectivity index (χ2v) is 7.53. The van der Waals surface area contributed by atoms with Gasteiger partial charge in [-0.25, -0.2) is 0 Å². The molecule has 0 aliphatic heterocycles. The van der Waals surface area contributed by atoms with E-state index < -0.39 is 10.8 Å². The highest BCUT2D eigenvalue weighted by atomic mass is 32.2. The maximum absolute atomic E-state index is 12.6. The molecule has 0 aliphatic carbocycles. The van der Waals surface area contributed by atoms with Crippen molar-refractivity contribution in [2.75, 3.05) is 0 Å². The number of hydrogen-bond donors (Lipinski definition) is 0. The number of carbonyl (C=O) groups is 1. The number of hydrogen-bond acceptors (Lipinski definition) is 4. The van der Waals surface area contributed by atoms with E-state index in [0.29, 0.717) is 11.5 Å². The highest BCUT2D eigenvalue weighted by Gasteiger charge is 2.18. The average molecular weight is 333 g/mol. The van der Waals surface area contributed by atoms with Crippen LogP contribution < -0.4 is 0 Å². The van der Waals surface area contributed by atoms with Gasteiger partial charge in [-0.1, -0.05) is 11.2 Å². The molecule has 0 fully saturated rings. The van der Waals surface area contributed by atoms with Crippen molar-refractivity contribution in [2.24, 2.45) is 0 Å². The summed E-state index contributed by atoms with van der Waals surface area (Å²) in [6.45, 7) is 11.2. The number of Topliss-reactive ketones (excluding diaryl/α,β-unsaturated/α-hetero) is 1. The van der Waals surface area contributed by atoms with E-state index in [0.717, 1.165) is 44.8 Å². The minimum atomic E-state index is -1.08. The van der Waals surface area contributed by atoms with Crippen LogP contribution in [0.15, 0.2) is 10.6 Å². The van der Waals surface area contributed by atoms with Crippen LogP contribution in [0.3, 0.4) is 0 Å². The predicted octanol–water partition coefficient (Wildman–Crippen LogP) is 3.87. The van der Waals surface area contributed by atoms with Crippen LogP contribution in [0.1, 0.15) is 56.6 Å². The lowest BCUT2D eigenvalue weighted by Gasteiger charge is -2.15. The van der Waals surface area contributed by atoms with E-state index in [1.54, 1.807) is 6.92 Å². The van der Waals surface area contributed by atoms with Crippen LogP contribution in [0.5, 0.6) is 0 Å². The van der Waals surface area contributed by atoms with Gasteiger partial charge < -0.3 is 4.52 Å². The Labute approximate surface area is 139 Å². The van der Waals surface area contributed by atoms with E-state index >= 15 is 0 Å². The summed E-state index contributed by atoms with van der Waals surface area (Å²) in [5.74, 6) is 1.63. The zero-order chi connectivity index (χ0) is 17.3. The fraction of sp³-hybridized carbons (Fsp3) is 0.444. The number of benzene rings is 1. The Bertz CT molecular complexity index is 771. The van der Waals surface area contributed by atoms with Gasteiger partial charge in [0.15, 0.2) is 5.78 Å². The van der Waals surface area contributed by atoms with E-state index in [4.69, 9.17) is 4.52 Å². The summed E-state index contributed by atoms with van der Waals surface area (Å²) in [7, 11) is -1.08. The van der Waals surface area contributed by atoms with Gasteiger partial charge in [-0.3, -0.25) is 9.00 Å². The number of aryl methyl sites for hydroxylation is 4. The van der Waals surface area contributed by atoms with E-state index in [9.17, 15) is 9.00 Å². The Morgan fingerprint density at radius 2 is 1.70 bits per heavy atom. The van der Waals surface area contributed by atoms with E-state index in [2.05, 4.69) is 5.16 Å². The zero-order valence-corrected chi connectivity index (χ0v) is 15.4. The molecule has 0 saturated carbocycles. The van der Waals surface area contributed by atoms with Crippen molar-refractivity contribution in [1.29, 1.82) is 0 Å². The van der Waals surface area contributed by atoms with Crippen molar-refractivity contribution in [2.45, 2.75) is 53.0 Å². The minimum absolute atomic E-state index is 0.0535. The molecule has 124 valence electrons. The third-order valence-corrected chi connectivity index (χ3v) is 5.50. The number of carbonyl (C=O) groups excluding carboxylic acids is 1. The number of rotatable bonds is 5. The molecule has 0 unspecified atom stereocenters. The first-order valence-corrected chi connectivity index (χ1v) is 9.08. The quantitative estimate of drug-likeness (QED) is 0.779. The van der Waals surface area contributed by atoms with Crippen molar-refractivity contribution < 1.29 is 13.5 Å². The fourth-order valence-electron chi connectivity index (χ4n) is 3.07. The van der Waals surface area contributed by atoms with Crippen LogP contribution in [0.25, 0.3) is 0 Å². The van der Waals surface area contributed by atoms with E-state index in [1.165, 1.54) is 0 Å². The molecule has 0 amide bonds. The molecule has 0 saturated heterocycles. The molecule has 0 aliphatic rings. The van der Waals surface area contributed by atoms with Gasteiger partial charge in [0.05, 0.1) is 11.4 Å². The second-order valence-electron chi connectivity index (χ2n) is 6.08. The average Bonchev–Trinajstić information content (AvgIpc) is 2.74. The van der Waals surface area contributed by atoms with Crippen LogP contribution >= 0.6 is 0 Å². The van der Waals surface area contributed by atoms with Crippen LogP contribution in [0, 0.1) is 34.6 Å². The first-order valence-electron chi connectivity index (χ1n) is 7.59. The molecule has 0 radical (unpaired) electrons. The molecule has 2 rings (SSSR count). The Hall–Kier alpha value is -1.75. The van der Waals surface area contributed by atoms with Gasteiger partial charge >= 0.3 is 0 Å². The molecule has 1 heterocycles. The summed E-state index contributed by atoms with van der Waals surface area (Å²) >= 11 is 0. The first-order chi connectivity index (χ1) is 10.7. The van der Waals surface area contributed by atoms with E-state index in [1.807, 2.05) is 40.7 Å². The first kappa shape index (κ1) is 17.6. The van der Waals surface area contributed by atoms with Crippen molar-refractivity contribution in [3.63, 3.8) is 0 Å². The molecule has 1 aromatic carbocycles. The van der Waals surface area contributed by atoms with Crippen LogP contribution in [0.2, 0.25) is 0 Å². The van der Waals surface area contributed by atoms with Gasteiger partial charge in [0, 0.05) is 27.7 Å². The van der Waals surface area contributed by atoms with Crippen molar-refractivity contribution in [3.8, 4) is 0 Å². The lowest BCUT2D eigenvalue weighted by molar-refractivity contribution is 0.101. The number of aromatic nitrogens is 1. The molecule has 2 aromatic rings. The third kappa shape index (κ3) is 3.61. The predicted molar refractivity (Wildman–Crippen MR) is 92.2 cm³/mol. The topological polar surface area (TPSA) is 60.2 Å². The van der Waals surface area contributed by atoms with Crippen LogP contribution in [0.4, 0.5) is 0 Å². The lowest BCUT2D eigenvalue weighted by Crippen LogP contribution is -2.09. The second kappa shape index (κ2) is 6.79. The van der Waals surface area contributed by atoms with E-state index in [-0.39, 0.29) is 5.78 Å². The van der Waals surface area contributed by atoms with Crippen molar-refractivity contribution >= 4 is 16.6 Å². The number of ketones is 1. The Balaban J connectivity index is 2.31. The summed E-state index contributed by atoms with van der Waals surface area (Å²) in [5, 5.41) is 3.91. The number of nitrogens with zero attached hydrogens (tertiary/aromatic N) is 1. The Morgan fingerprint density at radius 1 is 1.09 bits per heavy atom. The standard InChI is InChI=1S/C18H23NO3S/c1-10-7-11(2)18(14(5)20)12(3)16(10)8-23(21)9-17-13(4)19-22-15(17)6/h7H,8-9H2,1-6H3/t23-/m0/s1. The van der Waals surface area contributed by atoms with Crippen molar-refractivity contribution in [1.82, 2.24) is 5.16 Å². The molecule has 5 heteroatoms. The molecular formula is C18H23NO3S. The molecule has 0 spiro atoms. The fourth-order valence-corrected chi connectivity index (χ4v) is 4.67. The third-order valence-electron chi connectivity index (χ3n) is 4.27. The van der Waals surface area contributed by atoms with Gasteiger partial charge in [-0.15, -0.1) is 0 Å². The lowest BCUT2D eigenvalue weighted by atomic mass is 9.92. The van der Waals surface area contributed by atoms with Gasteiger partial charge in [0.2, 0.25) is 0 Å². The molecule has 4 nitrogen and oxygen atoms in total. The summed E-state index contributed by atoms with van der Waals surface area (Å²) in [6, 6.07) is 2.01. The van der Waals surface area contributed by atoms with Gasteiger partial charge in [0.25, 0.3) is 0 Å². The largest absolute Gasteiger partial charge is 0.361 e. The SMILES string of the molecule is CC(=O)c1c(C)cc(C)c(C[S@](=O)Cc2c(C)noc2C)c1C. The summed E-state index contributed by atoms with van der Waals surface area (Å²) in [5.41, 5.74) is 6.47. The van der Waals surface area contributed by atoms with Gasteiger partial charge in [0.1, 0.15) is 5.76 Å². The summed E-state index contributed by atoms with van der Waals surface area (Å²) < 4.78 is 17.7. The van der Waals surface area contributed by atoms with Gasteiger partial charge in [-0.05, 0) is 63.8 Å².